The van der Waals surface area contributed by atoms with Crippen LogP contribution in [-0.4, -0.2) is 45.8 Å². The van der Waals surface area contributed by atoms with Gasteiger partial charge in [-0.05, 0) is 55.8 Å². The van der Waals surface area contributed by atoms with Crippen molar-refractivity contribution in [3.05, 3.63) is 78.4 Å². The van der Waals surface area contributed by atoms with E-state index in [1.807, 2.05) is 24.3 Å². The summed E-state index contributed by atoms with van der Waals surface area (Å²) in [6, 6.07) is 23.9. The fraction of sp³-hybridized carbons (Fsp3) is 0.296. The second kappa shape index (κ2) is 9.45. The van der Waals surface area contributed by atoms with Gasteiger partial charge in [0.05, 0.1) is 11.0 Å². The number of aromatic hydroxyl groups is 1. The fourth-order valence-corrected chi connectivity index (χ4v) is 4.44. The number of fused-ring (bicyclic) bond motifs is 1. The molecule has 1 N–H and O–H groups in total. The first-order valence-electron chi connectivity index (χ1n) is 11.4. The molecule has 0 radical (unpaired) electrons. The molecule has 0 unspecified atom stereocenters. The van der Waals surface area contributed by atoms with Crippen molar-refractivity contribution in [1.82, 2.24) is 14.5 Å². The molecule has 1 aromatic heterocycles. The van der Waals surface area contributed by atoms with Crippen molar-refractivity contribution in [3.8, 4) is 22.9 Å². The normalized spacial score (nSPS) is 14.6. The maximum atomic E-state index is 9.91. The minimum absolute atomic E-state index is 0.229. The Hall–Kier alpha value is -3.31. The van der Waals surface area contributed by atoms with Crippen LogP contribution in [0, 0.1) is 0 Å². The largest absolute Gasteiger partial charge is 0.508 e. The van der Waals surface area contributed by atoms with Crippen LogP contribution in [0.2, 0.25) is 0 Å². The molecule has 0 aliphatic carbocycles. The summed E-state index contributed by atoms with van der Waals surface area (Å²) in [5.41, 5.74) is 4.03. The predicted octanol–water partition coefficient (Wildman–Crippen LogP) is 5.32. The molecule has 32 heavy (non-hydrogen) atoms. The van der Waals surface area contributed by atoms with Gasteiger partial charge in [-0.15, -0.1) is 0 Å². The van der Waals surface area contributed by atoms with Crippen molar-refractivity contribution in [3.63, 3.8) is 0 Å². The monoisotopic (exact) mass is 427 g/mol. The summed E-state index contributed by atoms with van der Waals surface area (Å²) in [6.45, 7) is 4.81. The number of imidazole rings is 1. The highest BCUT2D eigenvalue weighted by Gasteiger charge is 2.14. The molecule has 1 saturated heterocycles. The number of likely N-dealkylation sites (tertiary alicyclic amines) is 1. The highest BCUT2D eigenvalue weighted by molar-refractivity contribution is 5.82. The van der Waals surface area contributed by atoms with Crippen molar-refractivity contribution >= 4 is 11.0 Å². The average Bonchev–Trinajstić information content (AvgIpc) is 3.18. The van der Waals surface area contributed by atoms with E-state index in [-0.39, 0.29) is 5.75 Å². The maximum Gasteiger partial charge on any atom is 0.141 e. The number of benzene rings is 3. The van der Waals surface area contributed by atoms with Crippen molar-refractivity contribution in [2.45, 2.75) is 25.8 Å². The van der Waals surface area contributed by atoms with Gasteiger partial charge in [-0.25, -0.2) is 4.98 Å². The van der Waals surface area contributed by atoms with Crippen LogP contribution >= 0.6 is 0 Å². The molecule has 0 amide bonds. The number of aromatic nitrogens is 2. The highest BCUT2D eigenvalue weighted by Crippen LogP contribution is 2.28. The standard InChI is InChI=1S/C27H29N3O2/c31-23-11-14-26-25(19-23)28-27(22-7-3-1-4-8-22)30(26)20-21-9-12-24(13-10-21)32-18-17-29-15-5-2-6-16-29/h1,3-4,7-14,19,31H,2,5-6,15-18,20H2. The Kier molecular flexibility index (Phi) is 6.08. The summed E-state index contributed by atoms with van der Waals surface area (Å²) in [5, 5.41) is 9.91. The van der Waals surface area contributed by atoms with Gasteiger partial charge in [0.1, 0.15) is 23.9 Å². The lowest BCUT2D eigenvalue weighted by molar-refractivity contribution is 0.183. The molecular formula is C27H29N3O2. The lowest BCUT2D eigenvalue weighted by Crippen LogP contribution is -2.33. The SMILES string of the molecule is Oc1ccc2c(c1)nc(-c1ccccc1)n2Cc1ccc(OCCN2CCCCC2)cc1. The van der Waals surface area contributed by atoms with Crippen LogP contribution in [0.15, 0.2) is 72.8 Å². The van der Waals surface area contributed by atoms with E-state index < -0.39 is 0 Å². The third-order valence-corrected chi connectivity index (χ3v) is 6.15. The summed E-state index contributed by atoms with van der Waals surface area (Å²) >= 11 is 0. The van der Waals surface area contributed by atoms with Crippen LogP contribution in [0.25, 0.3) is 22.4 Å². The second-order valence-electron chi connectivity index (χ2n) is 8.46. The Morgan fingerprint density at radius 2 is 1.66 bits per heavy atom. The van der Waals surface area contributed by atoms with E-state index >= 15 is 0 Å². The maximum absolute atomic E-state index is 9.91. The molecule has 2 heterocycles. The van der Waals surface area contributed by atoms with E-state index in [0.29, 0.717) is 6.54 Å². The van der Waals surface area contributed by atoms with Crippen molar-refractivity contribution in [1.29, 1.82) is 0 Å². The predicted molar refractivity (Wildman–Crippen MR) is 128 cm³/mol. The molecular weight excluding hydrogens is 398 g/mol. The zero-order chi connectivity index (χ0) is 21.8. The Morgan fingerprint density at radius 1 is 0.875 bits per heavy atom. The summed E-state index contributed by atoms with van der Waals surface area (Å²) in [4.78, 5) is 7.31. The van der Waals surface area contributed by atoms with Gasteiger partial charge in [0, 0.05) is 24.7 Å². The quantitative estimate of drug-likeness (QED) is 0.434. The summed E-state index contributed by atoms with van der Waals surface area (Å²) < 4.78 is 8.19. The van der Waals surface area contributed by atoms with Gasteiger partial charge in [-0.2, -0.15) is 0 Å². The van der Waals surface area contributed by atoms with Crippen LogP contribution < -0.4 is 4.74 Å². The van der Waals surface area contributed by atoms with Gasteiger partial charge in [0.2, 0.25) is 0 Å². The molecule has 1 aliphatic rings. The molecule has 1 aliphatic heterocycles. The van der Waals surface area contributed by atoms with E-state index in [9.17, 15) is 5.11 Å². The van der Waals surface area contributed by atoms with Crippen LogP contribution in [-0.2, 0) is 6.54 Å². The molecule has 0 atom stereocenters. The molecule has 164 valence electrons. The first kappa shape index (κ1) is 20.6. The molecule has 5 nitrogen and oxygen atoms in total. The molecule has 0 spiro atoms. The van der Waals surface area contributed by atoms with Gasteiger partial charge >= 0.3 is 0 Å². The van der Waals surface area contributed by atoms with Gasteiger partial charge < -0.3 is 14.4 Å². The zero-order valence-electron chi connectivity index (χ0n) is 18.3. The van der Waals surface area contributed by atoms with Crippen molar-refractivity contribution < 1.29 is 9.84 Å². The van der Waals surface area contributed by atoms with E-state index in [4.69, 9.17) is 9.72 Å². The van der Waals surface area contributed by atoms with E-state index in [2.05, 4.69) is 45.9 Å². The second-order valence-corrected chi connectivity index (χ2v) is 8.46. The van der Waals surface area contributed by atoms with Crippen LogP contribution in [0.5, 0.6) is 11.5 Å². The van der Waals surface area contributed by atoms with Gasteiger partial charge in [0.15, 0.2) is 0 Å². The van der Waals surface area contributed by atoms with E-state index in [1.165, 1.54) is 37.9 Å². The number of piperidine rings is 1. The average molecular weight is 428 g/mol. The number of phenolic OH excluding ortho intramolecular Hbond substituents is 1. The topological polar surface area (TPSA) is 50.5 Å². The lowest BCUT2D eigenvalue weighted by Gasteiger charge is -2.26. The molecule has 3 aromatic carbocycles. The van der Waals surface area contributed by atoms with E-state index in [1.54, 1.807) is 12.1 Å². The molecule has 1 fully saturated rings. The summed E-state index contributed by atoms with van der Waals surface area (Å²) in [7, 11) is 0. The first-order valence-corrected chi connectivity index (χ1v) is 11.4. The minimum Gasteiger partial charge on any atom is -0.508 e. The molecule has 0 bridgehead atoms. The van der Waals surface area contributed by atoms with Crippen LogP contribution in [0.3, 0.4) is 0 Å². The number of rotatable bonds is 7. The van der Waals surface area contributed by atoms with Crippen molar-refractivity contribution in [2.75, 3.05) is 26.2 Å². The van der Waals surface area contributed by atoms with Crippen LogP contribution in [0.1, 0.15) is 24.8 Å². The number of phenols is 1. The molecule has 4 aromatic rings. The first-order chi connectivity index (χ1) is 15.8. The van der Waals surface area contributed by atoms with E-state index in [0.717, 1.165) is 41.3 Å². The Labute approximate surface area is 188 Å². The third kappa shape index (κ3) is 4.63. The summed E-state index contributed by atoms with van der Waals surface area (Å²) in [5.74, 6) is 2.04. The summed E-state index contributed by atoms with van der Waals surface area (Å²) in [6.07, 6.45) is 3.97. The number of nitrogens with zero attached hydrogens (tertiary/aromatic N) is 3. The third-order valence-electron chi connectivity index (χ3n) is 6.15. The molecule has 5 rings (SSSR count). The fourth-order valence-electron chi connectivity index (χ4n) is 4.44. The van der Waals surface area contributed by atoms with Gasteiger partial charge in [0.25, 0.3) is 0 Å². The number of hydrogen-bond donors (Lipinski definition) is 1. The van der Waals surface area contributed by atoms with Gasteiger partial charge in [-0.1, -0.05) is 48.9 Å². The lowest BCUT2D eigenvalue weighted by atomic mass is 10.1. The minimum atomic E-state index is 0.229. The number of ether oxygens (including phenoxy) is 1. The highest BCUT2D eigenvalue weighted by atomic mass is 16.5. The van der Waals surface area contributed by atoms with Crippen molar-refractivity contribution in [2.24, 2.45) is 0 Å². The number of hydrogen-bond acceptors (Lipinski definition) is 4. The van der Waals surface area contributed by atoms with Crippen LogP contribution in [0.4, 0.5) is 0 Å². The Balaban J connectivity index is 1.32. The Bertz CT molecular complexity index is 1160. The zero-order valence-corrected chi connectivity index (χ0v) is 18.3. The molecule has 5 heteroatoms. The molecule has 0 saturated carbocycles. The van der Waals surface area contributed by atoms with Gasteiger partial charge in [-0.3, -0.25) is 4.90 Å². The smallest absolute Gasteiger partial charge is 0.141 e. The Morgan fingerprint density at radius 3 is 2.44 bits per heavy atom.